The molecule has 1 N–H and O–H groups in total. The van der Waals surface area contributed by atoms with Crippen molar-refractivity contribution >= 4 is 5.82 Å². The van der Waals surface area contributed by atoms with Crippen molar-refractivity contribution in [3.63, 3.8) is 0 Å². The summed E-state index contributed by atoms with van der Waals surface area (Å²) in [5.41, 5.74) is 0.471. The summed E-state index contributed by atoms with van der Waals surface area (Å²) >= 11 is 0. The van der Waals surface area contributed by atoms with E-state index in [-0.39, 0.29) is 11.9 Å². The van der Waals surface area contributed by atoms with E-state index in [0.29, 0.717) is 23.9 Å². The van der Waals surface area contributed by atoms with Crippen LogP contribution in [0.4, 0.5) is 10.2 Å². The van der Waals surface area contributed by atoms with Crippen molar-refractivity contribution in [1.82, 2.24) is 9.97 Å². The van der Waals surface area contributed by atoms with Crippen molar-refractivity contribution in [2.45, 2.75) is 53.0 Å². The predicted molar refractivity (Wildman–Crippen MR) is 68.5 cm³/mol. The van der Waals surface area contributed by atoms with Gasteiger partial charge in [0.15, 0.2) is 11.6 Å². The quantitative estimate of drug-likeness (QED) is 0.826. The molecule has 0 radical (unpaired) electrons. The van der Waals surface area contributed by atoms with Gasteiger partial charge in [-0.15, -0.1) is 0 Å². The van der Waals surface area contributed by atoms with Crippen molar-refractivity contribution in [1.29, 1.82) is 0 Å². The molecule has 0 aliphatic rings. The summed E-state index contributed by atoms with van der Waals surface area (Å²) in [6.45, 7) is 8.31. The second-order valence-corrected chi connectivity index (χ2v) is 4.85. The van der Waals surface area contributed by atoms with Gasteiger partial charge in [0.1, 0.15) is 6.33 Å². The molecular formula is C13H22FN3. The number of halogens is 1. The minimum Gasteiger partial charge on any atom is -0.365 e. The van der Waals surface area contributed by atoms with Crippen LogP contribution in [0.15, 0.2) is 6.33 Å². The third-order valence-electron chi connectivity index (χ3n) is 2.76. The Bertz CT molecular complexity index is 353. The summed E-state index contributed by atoms with van der Waals surface area (Å²) < 4.78 is 13.8. The number of anilines is 1. The lowest BCUT2D eigenvalue weighted by Crippen LogP contribution is -2.18. The first-order valence-electron chi connectivity index (χ1n) is 6.30. The third kappa shape index (κ3) is 4.29. The second-order valence-electron chi connectivity index (χ2n) is 4.85. The topological polar surface area (TPSA) is 37.8 Å². The summed E-state index contributed by atoms with van der Waals surface area (Å²) in [5.74, 6) is 0.681. The Morgan fingerprint density at radius 2 is 1.94 bits per heavy atom. The molecule has 1 rings (SSSR count). The standard InChI is InChI=1S/C13H22FN3/c1-5-11-12(14)13(16-8-15-11)17-10(4)7-6-9(2)3/h8-10H,5-7H2,1-4H3,(H,15,16,17). The third-order valence-corrected chi connectivity index (χ3v) is 2.76. The Hall–Kier alpha value is -1.19. The van der Waals surface area contributed by atoms with E-state index in [1.807, 2.05) is 6.92 Å². The Balaban J connectivity index is 2.62. The monoisotopic (exact) mass is 239 g/mol. The van der Waals surface area contributed by atoms with E-state index in [9.17, 15) is 4.39 Å². The maximum atomic E-state index is 13.8. The molecule has 0 amide bonds. The number of hydrogen-bond donors (Lipinski definition) is 1. The normalized spacial score (nSPS) is 12.8. The van der Waals surface area contributed by atoms with Gasteiger partial charge in [0, 0.05) is 6.04 Å². The van der Waals surface area contributed by atoms with Crippen molar-refractivity contribution in [2.75, 3.05) is 5.32 Å². The minimum absolute atomic E-state index is 0.228. The highest BCUT2D eigenvalue weighted by Crippen LogP contribution is 2.16. The first-order chi connectivity index (χ1) is 8.04. The molecule has 0 aromatic carbocycles. The number of nitrogens with one attached hydrogen (secondary N) is 1. The van der Waals surface area contributed by atoms with Gasteiger partial charge in [-0.05, 0) is 32.1 Å². The molecule has 0 aliphatic carbocycles. The maximum absolute atomic E-state index is 13.8. The van der Waals surface area contributed by atoms with Gasteiger partial charge >= 0.3 is 0 Å². The molecule has 17 heavy (non-hydrogen) atoms. The SMILES string of the molecule is CCc1ncnc(NC(C)CCC(C)C)c1F. The molecule has 0 bridgehead atoms. The molecule has 3 nitrogen and oxygen atoms in total. The Kier molecular flexibility index (Phi) is 5.32. The van der Waals surface area contributed by atoms with Gasteiger partial charge in [-0.1, -0.05) is 20.8 Å². The van der Waals surface area contributed by atoms with Crippen LogP contribution in [0, 0.1) is 11.7 Å². The van der Waals surface area contributed by atoms with Crippen LogP contribution in [-0.4, -0.2) is 16.0 Å². The first kappa shape index (κ1) is 13.9. The number of aryl methyl sites for hydroxylation is 1. The number of hydrogen-bond acceptors (Lipinski definition) is 3. The van der Waals surface area contributed by atoms with Crippen LogP contribution in [0.2, 0.25) is 0 Å². The maximum Gasteiger partial charge on any atom is 0.186 e. The van der Waals surface area contributed by atoms with Gasteiger partial charge in [0.25, 0.3) is 0 Å². The Morgan fingerprint density at radius 3 is 2.53 bits per heavy atom. The van der Waals surface area contributed by atoms with Crippen molar-refractivity contribution < 1.29 is 4.39 Å². The van der Waals surface area contributed by atoms with E-state index < -0.39 is 0 Å². The average Bonchev–Trinajstić information content (AvgIpc) is 2.29. The van der Waals surface area contributed by atoms with Crippen LogP contribution < -0.4 is 5.32 Å². The van der Waals surface area contributed by atoms with Gasteiger partial charge in [-0.2, -0.15) is 0 Å². The van der Waals surface area contributed by atoms with Crippen LogP contribution in [0.25, 0.3) is 0 Å². The van der Waals surface area contributed by atoms with E-state index >= 15 is 0 Å². The summed E-state index contributed by atoms with van der Waals surface area (Å²) in [5, 5.41) is 3.11. The van der Waals surface area contributed by atoms with Crippen LogP contribution in [0.3, 0.4) is 0 Å². The van der Waals surface area contributed by atoms with Gasteiger partial charge in [0.05, 0.1) is 5.69 Å². The van der Waals surface area contributed by atoms with Crippen molar-refractivity contribution in [3.05, 3.63) is 17.8 Å². The molecule has 1 heterocycles. The zero-order chi connectivity index (χ0) is 12.8. The van der Waals surface area contributed by atoms with Crippen LogP contribution in [-0.2, 0) is 6.42 Å². The number of rotatable bonds is 6. The second kappa shape index (κ2) is 6.52. The molecule has 0 saturated heterocycles. The first-order valence-corrected chi connectivity index (χ1v) is 6.30. The molecule has 96 valence electrons. The van der Waals surface area contributed by atoms with E-state index in [2.05, 4.69) is 36.1 Å². The van der Waals surface area contributed by atoms with Gasteiger partial charge in [0.2, 0.25) is 0 Å². The highest BCUT2D eigenvalue weighted by Gasteiger charge is 2.12. The molecule has 0 spiro atoms. The van der Waals surface area contributed by atoms with Crippen LogP contribution >= 0.6 is 0 Å². The Labute approximate surface area is 103 Å². The molecule has 0 fully saturated rings. The number of nitrogens with zero attached hydrogens (tertiary/aromatic N) is 2. The molecule has 0 aliphatic heterocycles. The molecule has 0 saturated carbocycles. The summed E-state index contributed by atoms with van der Waals surface area (Å²) in [4.78, 5) is 7.87. The van der Waals surface area contributed by atoms with E-state index in [4.69, 9.17) is 0 Å². The Morgan fingerprint density at radius 1 is 1.24 bits per heavy atom. The van der Waals surface area contributed by atoms with Gasteiger partial charge in [-0.3, -0.25) is 0 Å². The molecule has 1 atom stereocenters. The average molecular weight is 239 g/mol. The summed E-state index contributed by atoms with van der Waals surface area (Å²) in [7, 11) is 0. The smallest absolute Gasteiger partial charge is 0.186 e. The predicted octanol–water partition coefficient (Wildman–Crippen LogP) is 3.41. The molecular weight excluding hydrogens is 217 g/mol. The van der Waals surface area contributed by atoms with Gasteiger partial charge in [-0.25, -0.2) is 14.4 Å². The lowest BCUT2D eigenvalue weighted by atomic mass is 10.0. The lowest BCUT2D eigenvalue weighted by molar-refractivity contribution is 0.523. The van der Waals surface area contributed by atoms with E-state index in [0.717, 1.165) is 12.8 Å². The minimum atomic E-state index is -0.314. The number of aromatic nitrogens is 2. The van der Waals surface area contributed by atoms with E-state index in [1.165, 1.54) is 6.33 Å². The fraction of sp³-hybridized carbons (Fsp3) is 0.692. The van der Waals surface area contributed by atoms with Crippen molar-refractivity contribution in [3.8, 4) is 0 Å². The lowest BCUT2D eigenvalue weighted by Gasteiger charge is -2.16. The van der Waals surface area contributed by atoms with Crippen LogP contribution in [0.5, 0.6) is 0 Å². The van der Waals surface area contributed by atoms with E-state index in [1.54, 1.807) is 0 Å². The molecule has 1 aromatic heterocycles. The largest absolute Gasteiger partial charge is 0.365 e. The van der Waals surface area contributed by atoms with Crippen molar-refractivity contribution in [2.24, 2.45) is 5.92 Å². The fourth-order valence-electron chi connectivity index (χ4n) is 1.64. The molecule has 1 aromatic rings. The fourth-order valence-corrected chi connectivity index (χ4v) is 1.64. The zero-order valence-electron chi connectivity index (χ0n) is 11.1. The highest BCUT2D eigenvalue weighted by molar-refractivity contribution is 5.38. The molecule has 4 heteroatoms. The highest BCUT2D eigenvalue weighted by atomic mass is 19.1. The summed E-state index contributed by atoms with van der Waals surface area (Å²) in [6, 6.07) is 0.228. The summed E-state index contributed by atoms with van der Waals surface area (Å²) in [6.07, 6.45) is 4.15. The van der Waals surface area contributed by atoms with Crippen LogP contribution in [0.1, 0.15) is 46.2 Å². The molecule has 1 unspecified atom stereocenters. The van der Waals surface area contributed by atoms with Gasteiger partial charge < -0.3 is 5.32 Å². The zero-order valence-corrected chi connectivity index (χ0v) is 11.1.